The number of halogens is 2. The van der Waals surface area contributed by atoms with Crippen LogP contribution < -0.4 is 19.7 Å². The molecule has 5 nitrogen and oxygen atoms in total. The van der Waals surface area contributed by atoms with E-state index >= 15 is 0 Å². The quantitative estimate of drug-likeness (QED) is 0.780. The van der Waals surface area contributed by atoms with Gasteiger partial charge in [0.05, 0.1) is 6.54 Å². The highest BCUT2D eigenvalue weighted by Gasteiger charge is 2.32. The van der Waals surface area contributed by atoms with Crippen molar-refractivity contribution in [2.24, 2.45) is 0 Å². The molecule has 4 rings (SSSR count). The van der Waals surface area contributed by atoms with Gasteiger partial charge >= 0.3 is 0 Å². The van der Waals surface area contributed by atoms with Crippen molar-refractivity contribution in [1.82, 2.24) is 5.32 Å². The van der Waals surface area contributed by atoms with Crippen LogP contribution in [-0.2, 0) is 11.3 Å². The summed E-state index contributed by atoms with van der Waals surface area (Å²) in [6, 6.07) is 11.7. The number of likely N-dealkylation sites (tertiary alicyclic amines) is 1. The van der Waals surface area contributed by atoms with E-state index < -0.39 is 0 Å². The van der Waals surface area contributed by atoms with Crippen molar-refractivity contribution in [1.29, 1.82) is 0 Å². The van der Waals surface area contributed by atoms with Crippen molar-refractivity contribution in [3.63, 3.8) is 0 Å². The zero-order valence-corrected chi connectivity index (χ0v) is 17.0. The number of ether oxygens (including phenoxy) is 2. The molecule has 2 aromatic rings. The zero-order chi connectivity index (χ0) is 19.5. The Morgan fingerprint density at radius 2 is 1.93 bits per heavy atom. The molecule has 0 radical (unpaired) electrons. The van der Waals surface area contributed by atoms with Crippen molar-refractivity contribution in [3.8, 4) is 11.5 Å². The number of fused-ring (bicyclic) bond motifs is 1. The Labute approximate surface area is 174 Å². The van der Waals surface area contributed by atoms with Crippen LogP contribution in [0.25, 0.3) is 0 Å². The fourth-order valence-corrected chi connectivity index (χ4v) is 4.41. The SMILES string of the molecule is O=C(C[NH+]1CCC[C@H]1c1ccc2c(c1)OCCO2)NCc1ccc(Cl)cc1Cl. The summed E-state index contributed by atoms with van der Waals surface area (Å²) in [5, 5.41) is 4.13. The van der Waals surface area contributed by atoms with E-state index in [1.165, 1.54) is 10.5 Å². The number of rotatable bonds is 5. The van der Waals surface area contributed by atoms with Gasteiger partial charge in [-0.05, 0) is 35.9 Å². The summed E-state index contributed by atoms with van der Waals surface area (Å²) in [6.07, 6.45) is 2.16. The van der Waals surface area contributed by atoms with E-state index in [9.17, 15) is 4.79 Å². The predicted octanol–water partition coefficient (Wildman–Crippen LogP) is 2.80. The van der Waals surface area contributed by atoms with Gasteiger partial charge in [-0.1, -0.05) is 29.3 Å². The largest absolute Gasteiger partial charge is 0.486 e. The molecule has 0 saturated carbocycles. The van der Waals surface area contributed by atoms with E-state index in [-0.39, 0.29) is 5.91 Å². The molecule has 28 heavy (non-hydrogen) atoms. The average molecular weight is 422 g/mol. The van der Waals surface area contributed by atoms with Gasteiger partial charge in [-0.15, -0.1) is 0 Å². The molecule has 1 unspecified atom stereocenters. The highest BCUT2D eigenvalue weighted by Crippen LogP contribution is 2.33. The van der Waals surface area contributed by atoms with E-state index in [4.69, 9.17) is 32.7 Å². The second-order valence-corrected chi connectivity index (χ2v) is 8.04. The van der Waals surface area contributed by atoms with Crippen molar-refractivity contribution < 1.29 is 19.2 Å². The standard InChI is InChI=1S/C21H22Cl2N2O3/c22-16-5-3-15(17(23)11-16)12-24-21(26)13-25-7-1-2-18(25)14-4-6-19-20(10-14)28-9-8-27-19/h3-6,10-11,18H,1-2,7-9,12-13H2,(H,24,26)/p+1/t18-/m0/s1. The Morgan fingerprint density at radius 1 is 1.11 bits per heavy atom. The van der Waals surface area contributed by atoms with Gasteiger partial charge in [0, 0.05) is 35.0 Å². The molecule has 0 aromatic heterocycles. The van der Waals surface area contributed by atoms with E-state index in [1.54, 1.807) is 12.1 Å². The van der Waals surface area contributed by atoms with Gasteiger partial charge in [0.1, 0.15) is 19.3 Å². The van der Waals surface area contributed by atoms with E-state index in [0.717, 1.165) is 36.4 Å². The molecule has 2 aliphatic heterocycles. The fraction of sp³-hybridized carbons (Fsp3) is 0.381. The van der Waals surface area contributed by atoms with Gasteiger partial charge in [-0.3, -0.25) is 4.79 Å². The first kappa shape index (κ1) is 19.4. The monoisotopic (exact) mass is 421 g/mol. The second kappa shape index (κ2) is 8.60. The minimum absolute atomic E-state index is 0.0189. The van der Waals surface area contributed by atoms with E-state index in [2.05, 4.69) is 17.4 Å². The highest BCUT2D eigenvalue weighted by molar-refractivity contribution is 6.35. The number of hydrogen-bond donors (Lipinski definition) is 2. The van der Waals surface area contributed by atoms with Gasteiger partial charge in [-0.2, -0.15) is 0 Å². The molecule has 0 aliphatic carbocycles. The maximum Gasteiger partial charge on any atom is 0.275 e. The van der Waals surface area contributed by atoms with Gasteiger partial charge in [-0.25, -0.2) is 0 Å². The molecule has 2 aliphatic rings. The number of benzene rings is 2. The summed E-state index contributed by atoms with van der Waals surface area (Å²) < 4.78 is 11.3. The first-order valence-corrected chi connectivity index (χ1v) is 10.3. The Morgan fingerprint density at radius 3 is 2.75 bits per heavy atom. The van der Waals surface area contributed by atoms with Crippen LogP contribution >= 0.6 is 23.2 Å². The molecule has 1 amide bonds. The van der Waals surface area contributed by atoms with Crippen LogP contribution in [0, 0.1) is 0 Å². The molecule has 1 fully saturated rings. The van der Waals surface area contributed by atoms with Crippen LogP contribution in [0.15, 0.2) is 36.4 Å². The van der Waals surface area contributed by atoms with E-state index in [1.807, 2.05) is 12.1 Å². The number of quaternary nitrogens is 1. The topological polar surface area (TPSA) is 52.0 Å². The number of hydrogen-bond acceptors (Lipinski definition) is 3. The lowest BCUT2D eigenvalue weighted by Gasteiger charge is -2.24. The van der Waals surface area contributed by atoms with Crippen LogP contribution in [0.5, 0.6) is 11.5 Å². The Kier molecular flexibility index (Phi) is 5.95. The second-order valence-electron chi connectivity index (χ2n) is 7.20. The molecule has 2 aromatic carbocycles. The lowest BCUT2D eigenvalue weighted by Crippen LogP contribution is -3.11. The fourth-order valence-electron chi connectivity index (χ4n) is 3.93. The Bertz CT molecular complexity index is 875. The van der Waals surface area contributed by atoms with Gasteiger partial charge in [0.15, 0.2) is 18.0 Å². The van der Waals surface area contributed by atoms with Gasteiger partial charge in [0.2, 0.25) is 0 Å². The minimum atomic E-state index is 0.0189. The van der Waals surface area contributed by atoms with E-state index in [0.29, 0.717) is 42.4 Å². The third-order valence-corrected chi connectivity index (χ3v) is 5.92. The van der Waals surface area contributed by atoms with Crippen LogP contribution in [0.3, 0.4) is 0 Å². The maximum absolute atomic E-state index is 12.5. The normalized spacial score (nSPS) is 20.8. The molecule has 2 N–H and O–H groups in total. The van der Waals surface area contributed by atoms with Crippen molar-refractivity contribution >= 4 is 29.1 Å². The van der Waals surface area contributed by atoms with Crippen LogP contribution in [-0.4, -0.2) is 32.2 Å². The molecule has 7 heteroatoms. The van der Waals surface area contributed by atoms with Gasteiger partial charge in [0.25, 0.3) is 5.91 Å². The van der Waals surface area contributed by atoms with Crippen LogP contribution in [0.2, 0.25) is 10.0 Å². The lowest BCUT2D eigenvalue weighted by atomic mass is 10.0. The Hall–Kier alpha value is -1.95. The first-order valence-electron chi connectivity index (χ1n) is 9.55. The first-order chi connectivity index (χ1) is 13.6. The molecule has 0 bridgehead atoms. The summed E-state index contributed by atoms with van der Waals surface area (Å²) in [7, 11) is 0. The third kappa shape index (κ3) is 4.37. The van der Waals surface area contributed by atoms with Crippen LogP contribution in [0.4, 0.5) is 0 Å². The highest BCUT2D eigenvalue weighted by atomic mass is 35.5. The maximum atomic E-state index is 12.5. The van der Waals surface area contributed by atoms with Crippen LogP contribution in [0.1, 0.15) is 30.0 Å². The lowest BCUT2D eigenvalue weighted by molar-refractivity contribution is -0.910. The molecule has 2 atom stereocenters. The molecular weight excluding hydrogens is 399 g/mol. The summed E-state index contributed by atoms with van der Waals surface area (Å²) in [4.78, 5) is 13.8. The van der Waals surface area contributed by atoms with Gasteiger partial charge < -0.3 is 19.7 Å². The number of carbonyl (C=O) groups is 1. The molecule has 1 saturated heterocycles. The molecule has 0 spiro atoms. The summed E-state index contributed by atoms with van der Waals surface area (Å²) in [5.41, 5.74) is 2.06. The molecule has 2 heterocycles. The summed E-state index contributed by atoms with van der Waals surface area (Å²) in [5.74, 6) is 1.62. The van der Waals surface area contributed by atoms with Crippen molar-refractivity contribution in [2.45, 2.75) is 25.4 Å². The number of carbonyl (C=O) groups excluding carboxylic acids is 1. The predicted molar refractivity (Wildman–Crippen MR) is 108 cm³/mol. The zero-order valence-electron chi connectivity index (χ0n) is 15.5. The molecular formula is C21H23Cl2N2O3+. The Balaban J connectivity index is 1.37. The molecule has 148 valence electrons. The minimum Gasteiger partial charge on any atom is -0.486 e. The van der Waals surface area contributed by atoms with Crippen molar-refractivity contribution in [2.75, 3.05) is 26.3 Å². The third-order valence-electron chi connectivity index (χ3n) is 5.33. The smallest absolute Gasteiger partial charge is 0.275 e. The summed E-state index contributed by atoms with van der Waals surface area (Å²) in [6.45, 7) is 2.98. The summed E-state index contributed by atoms with van der Waals surface area (Å²) >= 11 is 12.1. The average Bonchev–Trinajstić information content (AvgIpc) is 3.15. The number of nitrogens with one attached hydrogen (secondary N) is 2. The van der Waals surface area contributed by atoms with Crippen molar-refractivity contribution in [3.05, 3.63) is 57.6 Å². The number of amides is 1.